The molecule has 1 unspecified atom stereocenters. The number of nitrogens with zero attached hydrogens (tertiary/aromatic N) is 4. The highest BCUT2D eigenvalue weighted by Gasteiger charge is 2.49. The van der Waals surface area contributed by atoms with Gasteiger partial charge in [0.15, 0.2) is 0 Å². The molecule has 3 atom stereocenters. The van der Waals surface area contributed by atoms with Crippen molar-refractivity contribution in [1.82, 2.24) is 25.3 Å². The molecule has 2 aliphatic rings. The molecule has 7 nitrogen and oxygen atoms in total. The van der Waals surface area contributed by atoms with E-state index in [0.29, 0.717) is 17.1 Å². The Morgan fingerprint density at radius 2 is 1.83 bits per heavy atom. The van der Waals surface area contributed by atoms with Crippen molar-refractivity contribution in [2.24, 2.45) is 7.05 Å². The minimum Gasteiger partial charge on any atom is -0.507 e. The van der Waals surface area contributed by atoms with Crippen molar-refractivity contribution in [2.75, 3.05) is 0 Å². The first kappa shape index (κ1) is 19.1. The van der Waals surface area contributed by atoms with Gasteiger partial charge in [-0.2, -0.15) is 5.10 Å². The minimum atomic E-state index is 0.135. The molecule has 4 heterocycles. The molecule has 2 aliphatic heterocycles. The van der Waals surface area contributed by atoms with Crippen molar-refractivity contribution in [3.63, 3.8) is 0 Å². The van der Waals surface area contributed by atoms with Crippen molar-refractivity contribution in [3.8, 4) is 34.0 Å². The molecule has 0 radical (unpaired) electrons. The molecular formula is C23H27N5O2. The quantitative estimate of drug-likeness (QED) is 0.689. The van der Waals surface area contributed by atoms with Gasteiger partial charge in [-0.3, -0.25) is 4.68 Å². The third kappa shape index (κ3) is 3.54. The fraction of sp³-hybridized carbons (Fsp3) is 0.435. The van der Waals surface area contributed by atoms with E-state index < -0.39 is 0 Å². The second-order valence-electron chi connectivity index (χ2n) is 9.29. The van der Waals surface area contributed by atoms with Crippen LogP contribution in [-0.2, 0) is 7.05 Å². The Labute approximate surface area is 176 Å². The van der Waals surface area contributed by atoms with E-state index in [1.807, 2.05) is 37.5 Å². The Morgan fingerprint density at radius 1 is 1.07 bits per heavy atom. The van der Waals surface area contributed by atoms with Gasteiger partial charge in [0.05, 0.1) is 11.9 Å². The van der Waals surface area contributed by atoms with Crippen molar-refractivity contribution in [1.29, 1.82) is 0 Å². The van der Waals surface area contributed by atoms with Gasteiger partial charge in [-0.1, -0.05) is 6.07 Å². The van der Waals surface area contributed by atoms with Gasteiger partial charge < -0.3 is 15.2 Å². The average molecular weight is 406 g/mol. The number of benzene rings is 1. The van der Waals surface area contributed by atoms with Gasteiger partial charge >= 0.3 is 0 Å². The first-order valence-electron chi connectivity index (χ1n) is 10.4. The number of hydrogen-bond acceptors (Lipinski definition) is 6. The molecule has 3 aromatic rings. The lowest BCUT2D eigenvalue weighted by atomic mass is 9.86. The second-order valence-corrected chi connectivity index (χ2v) is 9.29. The number of phenols is 1. The molecule has 2 bridgehead atoms. The number of rotatable bonds is 4. The zero-order valence-electron chi connectivity index (χ0n) is 17.6. The standard InChI is InChI=1S/C23H27N5O2/c1-22-8-9-23(2,27-22)12-17(11-22)30-21-7-6-19(25-26-21)18-5-4-15(10-20(18)29)16-13-24-28(3)14-16/h4-7,10,13-14,17,27,29H,8-9,11-12H2,1-3H3/t17?,22-,23+. The van der Waals surface area contributed by atoms with E-state index in [9.17, 15) is 5.11 Å². The summed E-state index contributed by atoms with van der Waals surface area (Å²) in [6.07, 6.45) is 8.13. The number of aromatic nitrogens is 4. The SMILES string of the molecule is Cn1cc(-c2ccc(-c3ccc(OC4C[C@]5(C)CC[C@](C)(C4)N5)nn3)c(O)c2)cn1. The Bertz CT molecular complexity index is 1060. The molecule has 2 N–H and O–H groups in total. The third-order valence-corrected chi connectivity index (χ3v) is 6.43. The van der Waals surface area contributed by atoms with Crippen LogP contribution in [-0.4, -0.2) is 42.3 Å². The summed E-state index contributed by atoms with van der Waals surface area (Å²) in [7, 11) is 1.87. The van der Waals surface area contributed by atoms with Gasteiger partial charge in [0.25, 0.3) is 0 Å². The van der Waals surface area contributed by atoms with Gasteiger partial charge in [0, 0.05) is 54.4 Å². The van der Waals surface area contributed by atoms with Crippen LogP contribution in [0.4, 0.5) is 0 Å². The average Bonchev–Trinajstić information content (AvgIpc) is 3.22. The normalized spacial score (nSPS) is 27.9. The van der Waals surface area contributed by atoms with Gasteiger partial charge in [-0.15, -0.1) is 10.2 Å². The second kappa shape index (κ2) is 6.80. The molecule has 30 heavy (non-hydrogen) atoms. The molecule has 5 rings (SSSR count). The highest BCUT2D eigenvalue weighted by atomic mass is 16.5. The molecule has 2 aromatic heterocycles. The molecule has 0 aliphatic carbocycles. The van der Waals surface area contributed by atoms with Crippen LogP contribution in [0.2, 0.25) is 0 Å². The van der Waals surface area contributed by atoms with E-state index in [-0.39, 0.29) is 22.9 Å². The summed E-state index contributed by atoms with van der Waals surface area (Å²) < 4.78 is 7.92. The number of hydrogen-bond donors (Lipinski definition) is 2. The fourth-order valence-electron chi connectivity index (χ4n) is 5.07. The molecule has 7 heteroatoms. The summed E-state index contributed by atoms with van der Waals surface area (Å²) in [6, 6.07) is 9.22. The lowest BCUT2D eigenvalue weighted by molar-refractivity contribution is 0.0754. The summed E-state index contributed by atoms with van der Waals surface area (Å²) in [5, 5.41) is 27.1. The van der Waals surface area contributed by atoms with Gasteiger partial charge in [0.2, 0.25) is 5.88 Å². The largest absolute Gasteiger partial charge is 0.507 e. The Balaban J connectivity index is 1.32. The van der Waals surface area contributed by atoms with Crippen molar-refractivity contribution >= 4 is 0 Å². The van der Waals surface area contributed by atoms with Gasteiger partial charge in [-0.05, 0) is 50.5 Å². The summed E-state index contributed by atoms with van der Waals surface area (Å²) >= 11 is 0. The van der Waals surface area contributed by atoms with Crippen LogP contribution >= 0.6 is 0 Å². The topological polar surface area (TPSA) is 85.1 Å². The third-order valence-electron chi connectivity index (χ3n) is 6.43. The lowest BCUT2D eigenvalue weighted by Crippen LogP contribution is -2.56. The van der Waals surface area contributed by atoms with Crippen LogP contribution < -0.4 is 10.1 Å². The number of piperidine rings is 1. The van der Waals surface area contributed by atoms with E-state index >= 15 is 0 Å². The minimum absolute atomic E-state index is 0.135. The highest BCUT2D eigenvalue weighted by molar-refractivity contribution is 5.73. The summed E-state index contributed by atoms with van der Waals surface area (Å²) in [5.41, 5.74) is 3.40. The maximum absolute atomic E-state index is 10.5. The Hall–Kier alpha value is -2.93. The van der Waals surface area contributed by atoms with Crippen LogP contribution in [0.15, 0.2) is 42.7 Å². The molecule has 2 saturated heterocycles. The molecule has 0 amide bonds. The number of phenolic OH excluding ortho intramolecular Hbond substituents is 1. The van der Waals surface area contributed by atoms with E-state index in [4.69, 9.17) is 4.74 Å². The van der Waals surface area contributed by atoms with Crippen molar-refractivity contribution in [3.05, 3.63) is 42.7 Å². The fourth-order valence-corrected chi connectivity index (χ4v) is 5.07. The van der Waals surface area contributed by atoms with E-state index in [1.165, 1.54) is 12.8 Å². The summed E-state index contributed by atoms with van der Waals surface area (Å²) in [5.74, 6) is 0.693. The van der Waals surface area contributed by atoms with Crippen LogP contribution in [0, 0.1) is 0 Å². The monoisotopic (exact) mass is 405 g/mol. The maximum atomic E-state index is 10.5. The van der Waals surface area contributed by atoms with Crippen LogP contribution in [0.5, 0.6) is 11.6 Å². The summed E-state index contributed by atoms with van der Waals surface area (Å²) in [4.78, 5) is 0. The zero-order chi connectivity index (χ0) is 20.9. The van der Waals surface area contributed by atoms with E-state index in [1.54, 1.807) is 16.9 Å². The van der Waals surface area contributed by atoms with Crippen LogP contribution in [0.3, 0.4) is 0 Å². The Morgan fingerprint density at radius 3 is 2.43 bits per heavy atom. The number of aromatic hydroxyl groups is 1. The Kier molecular flexibility index (Phi) is 4.32. The number of aryl methyl sites for hydroxylation is 1. The molecule has 1 aromatic carbocycles. The molecule has 0 spiro atoms. The maximum Gasteiger partial charge on any atom is 0.233 e. The predicted octanol–water partition coefficient (Wildman–Crippen LogP) is 3.69. The van der Waals surface area contributed by atoms with Crippen LogP contribution in [0.25, 0.3) is 22.4 Å². The zero-order valence-corrected chi connectivity index (χ0v) is 17.6. The smallest absolute Gasteiger partial charge is 0.233 e. The summed E-state index contributed by atoms with van der Waals surface area (Å²) in [6.45, 7) is 4.56. The van der Waals surface area contributed by atoms with E-state index in [0.717, 1.165) is 24.0 Å². The molecule has 0 saturated carbocycles. The van der Waals surface area contributed by atoms with Crippen LogP contribution in [0.1, 0.15) is 39.5 Å². The van der Waals surface area contributed by atoms with E-state index in [2.05, 4.69) is 34.5 Å². The first-order valence-corrected chi connectivity index (χ1v) is 10.4. The highest BCUT2D eigenvalue weighted by Crippen LogP contribution is 2.43. The lowest BCUT2D eigenvalue weighted by Gasteiger charge is -2.41. The molecule has 2 fully saturated rings. The predicted molar refractivity (Wildman–Crippen MR) is 114 cm³/mol. The number of fused-ring (bicyclic) bond motifs is 2. The van der Waals surface area contributed by atoms with Crippen molar-refractivity contribution < 1.29 is 9.84 Å². The number of ether oxygens (including phenoxy) is 1. The van der Waals surface area contributed by atoms with Gasteiger partial charge in [0.1, 0.15) is 11.9 Å². The molecular weight excluding hydrogens is 378 g/mol. The van der Waals surface area contributed by atoms with Crippen molar-refractivity contribution in [2.45, 2.75) is 56.7 Å². The molecule has 156 valence electrons. The first-order chi connectivity index (χ1) is 14.3. The number of nitrogens with one attached hydrogen (secondary N) is 1. The van der Waals surface area contributed by atoms with Gasteiger partial charge in [-0.25, -0.2) is 0 Å².